The van der Waals surface area contributed by atoms with Crippen molar-refractivity contribution in [3.8, 4) is 0 Å². The summed E-state index contributed by atoms with van der Waals surface area (Å²) >= 11 is 0. The van der Waals surface area contributed by atoms with Crippen molar-refractivity contribution in [3.63, 3.8) is 0 Å². The maximum atomic E-state index is 2.32. The van der Waals surface area contributed by atoms with E-state index in [2.05, 4.69) is 121 Å². The van der Waals surface area contributed by atoms with Crippen LogP contribution in [0.15, 0.2) is 127 Å². The van der Waals surface area contributed by atoms with Gasteiger partial charge in [-0.2, -0.15) is 0 Å². The molecule has 0 amide bonds. The van der Waals surface area contributed by atoms with Gasteiger partial charge in [0.15, 0.2) is 0 Å². The van der Waals surface area contributed by atoms with E-state index in [4.69, 9.17) is 0 Å². The summed E-state index contributed by atoms with van der Waals surface area (Å²) in [5.74, 6) is 0. The molecule has 0 spiro atoms. The second-order valence-corrected chi connectivity index (χ2v) is 9.87. The maximum absolute atomic E-state index is 2.32. The molecular weight excluding hydrogens is 343 g/mol. The lowest BCUT2D eigenvalue weighted by molar-refractivity contribution is 1.64. The molecule has 0 fully saturated rings. The summed E-state index contributed by atoms with van der Waals surface area (Å²) in [5, 5.41) is 4.26. The van der Waals surface area contributed by atoms with Crippen LogP contribution in [0.1, 0.15) is 6.92 Å². The Bertz CT molecular complexity index is 794. The first kappa shape index (κ1) is 19.1. The maximum Gasteiger partial charge on any atom is 0.115 e. The van der Waals surface area contributed by atoms with Gasteiger partial charge >= 0.3 is 0 Å². The summed E-state index contributed by atoms with van der Waals surface area (Å²) in [5.41, 5.74) is 0. The van der Waals surface area contributed by atoms with Crippen LogP contribution in [-0.4, -0.2) is 6.16 Å². The van der Waals surface area contributed by atoms with Gasteiger partial charge in [0, 0.05) is 0 Å². The lowest BCUT2D eigenvalue weighted by atomic mass is 10.4. The normalized spacial score (nSPS) is 12.3. The Kier molecular flexibility index (Phi) is 6.97. The largest absolute Gasteiger partial charge is 0.115 e. The lowest BCUT2D eigenvalue weighted by Gasteiger charge is -2.26. The van der Waals surface area contributed by atoms with Gasteiger partial charge in [0.2, 0.25) is 0 Å². The minimum atomic E-state index is -1.75. The first-order chi connectivity index (χ1) is 13.4. The minimum absolute atomic E-state index is 1.01. The number of benzene rings is 3. The van der Waals surface area contributed by atoms with Gasteiger partial charge in [-0.1, -0.05) is 85.0 Å². The fourth-order valence-electron chi connectivity index (χ4n) is 3.35. The molecule has 3 aromatic carbocycles. The summed E-state index contributed by atoms with van der Waals surface area (Å²) in [4.78, 5) is 0. The summed E-state index contributed by atoms with van der Waals surface area (Å²) in [6, 6.07) is 33.0. The van der Waals surface area contributed by atoms with E-state index in [-0.39, 0.29) is 0 Å². The van der Waals surface area contributed by atoms with Gasteiger partial charge in [0.25, 0.3) is 0 Å². The minimum Gasteiger partial charge on any atom is -0.0877 e. The van der Waals surface area contributed by atoms with Crippen molar-refractivity contribution in [1.82, 2.24) is 0 Å². The molecule has 134 valence electrons. The predicted octanol–water partition coefficient (Wildman–Crippen LogP) is 5.67. The van der Waals surface area contributed by atoms with Crippen LogP contribution < -0.4 is 15.9 Å². The van der Waals surface area contributed by atoms with E-state index in [0.29, 0.717) is 0 Å². The molecule has 0 aromatic heterocycles. The Labute approximate surface area is 163 Å². The molecular formula is C26H26P+. The number of rotatable bonds is 7. The monoisotopic (exact) mass is 369 g/mol. The van der Waals surface area contributed by atoms with Crippen molar-refractivity contribution in [1.29, 1.82) is 0 Å². The summed E-state index contributed by atoms with van der Waals surface area (Å²) < 4.78 is 0. The van der Waals surface area contributed by atoms with Crippen molar-refractivity contribution < 1.29 is 0 Å². The van der Waals surface area contributed by atoms with Crippen molar-refractivity contribution in [2.24, 2.45) is 0 Å². The standard InChI is InChI=1S/C26H26P/c1-2-3-4-5-6-16-23-27(24-17-10-7-11-18-24,25-19-12-8-13-20-25)26-21-14-9-15-22-26/h2-22H,23H2,1H3/q+1/b3-2+,5-4+,16-6+. The molecule has 0 nitrogen and oxygen atoms in total. The number of hydrogen-bond acceptors (Lipinski definition) is 0. The van der Waals surface area contributed by atoms with Gasteiger partial charge in [-0.3, -0.25) is 0 Å². The van der Waals surface area contributed by atoms with Crippen molar-refractivity contribution in [3.05, 3.63) is 127 Å². The molecule has 3 rings (SSSR count). The first-order valence-electron chi connectivity index (χ1n) is 9.37. The van der Waals surface area contributed by atoms with E-state index >= 15 is 0 Å². The van der Waals surface area contributed by atoms with E-state index in [1.54, 1.807) is 0 Å². The van der Waals surface area contributed by atoms with Gasteiger partial charge in [-0.15, -0.1) is 0 Å². The molecule has 0 bridgehead atoms. The predicted molar refractivity (Wildman–Crippen MR) is 123 cm³/mol. The third kappa shape index (κ3) is 4.54. The van der Waals surface area contributed by atoms with Crippen molar-refractivity contribution in [2.75, 3.05) is 6.16 Å². The van der Waals surface area contributed by atoms with Crippen molar-refractivity contribution in [2.45, 2.75) is 6.92 Å². The highest BCUT2D eigenvalue weighted by Gasteiger charge is 2.43. The summed E-state index contributed by atoms with van der Waals surface area (Å²) in [7, 11) is -1.75. The van der Waals surface area contributed by atoms with Crippen LogP contribution in [0.25, 0.3) is 0 Å². The fourth-order valence-corrected chi connectivity index (χ4v) is 7.36. The molecule has 3 aromatic rings. The van der Waals surface area contributed by atoms with Gasteiger partial charge in [-0.05, 0) is 49.4 Å². The molecule has 0 N–H and O–H groups in total. The lowest BCUT2D eigenvalue weighted by Crippen LogP contribution is -2.32. The molecule has 0 heterocycles. The SMILES string of the molecule is C/C=C/C=C/C=C/C[P+](c1ccccc1)(c1ccccc1)c1ccccc1. The molecule has 0 atom stereocenters. The smallest absolute Gasteiger partial charge is 0.0877 e. The molecule has 0 aliphatic heterocycles. The molecule has 0 saturated heterocycles. The molecule has 1 heteroatoms. The number of hydrogen-bond donors (Lipinski definition) is 0. The Morgan fingerprint density at radius 3 is 1.37 bits per heavy atom. The van der Waals surface area contributed by atoms with E-state index in [1.807, 2.05) is 13.0 Å². The third-order valence-corrected chi connectivity index (χ3v) is 8.93. The van der Waals surface area contributed by atoms with Crippen LogP contribution in [0.5, 0.6) is 0 Å². The van der Waals surface area contributed by atoms with E-state index < -0.39 is 7.26 Å². The Morgan fingerprint density at radius 2 is 0.963 bits per heavy atom. The van der Waals surface area contributed by atoms with Gasteiger partial charge in [-0.25, -0.2) is 0 Å². The quantitative estimate of drug-likeness (QED) is 0.372. The van der Waals surface area contributed by atoms with Crippen LogP contribution in [0.2, 0.25) is 0 Å². The average molecular weight is 369 g/mol. The highest BCUT2D eigenvalue weighted by Crippen LogP contribution is 2.55. The zero-order valence-corrected chi connectivity index (χ0v) is 16.7. The van der Waals surface area contributed by atoms with E-state index in [1.165, 1.54) is 15.9 Å². The number of allylic oxidation sites excluding steroid dienone is 6. The highest BCUT2D eigenvalue weighted by molar-refractivity contribution is 7.95. The van der Waals surface area contributed by atoms with Gasteiger partial charge in [0.05, 0.1) is 6.16 Å². The summed E-state index contributed by atoms with van der Waals surface area (Å²) in [6.07, 6.45) is 13.8. The van der Waals surface area contributed by atoms with Crippen LogP contribution in [0.3, 0.4) is 0 Å². The second kappa shape index (κ2) is 9.86. The molecule has 0 aliphatic rings. The Morgan fingerprint density at radius 1 is 0.556 bits per heavy atom. The van der Waals surface area contributed by atoms with Crippen LogP contribution in [0.4, 0.5) is 0 Å². The van der Waals surface area contributed by atoms with E-state index in [0.717, 1.165) is 6.16 Å². The second-order valence-electron chi connectivity index (χ2n) is 6.34. The molecule has 0 aliphatic carbocycles. The average Bonchev–Trinajstić information content (AvgIpc) is 2.75. The van der Waals surface area contributed by atoms with Crippen LogP contribution in [0, 0.1) is 0 Å². The van der Waals surface area contributed by atoms with Gasteiger partial charge < -0.3 is 0 Å². The summed E-state index contributed by atoms with van der Waals surface area (Å²) in [6.45, 7) is 2.03. The highest BCUT2D eigenvalue weighted by atomic mass is 31.2. The molecule has 0 unspecified atom stereocenters. The third-order valence-electron chi connectivity index (χ3n) is 4.63. The molecule has 0 radical (unpaired) electrons. The fraction of sp³-hybridized carbons (Fsp3) is 0.0769. The Hall–Kier alpha value is -2.69. The molecule has 27 heavy (non-hydrogen) atoms. The first-order valence-corrected chi connectivity index (χ1v) is 11.3. The Balaban J connectivity index is 2.14. The van der Waals surface area contributed by atoms with Gasteiger partial charge in [0.1, 0.15) is 23.2 Å². The van der Waals surface area contributed by atoms with Crippen LogP contribution in [-0.2, 0) is 0 Å². The van der Waals surface area contributed by atoms with E-state index in [9.17, 15) is 0 Å². The zero-order chi connectivity index (χ0) is 18.8. The molecule has 0 saturated carbocycles. The van der Waals surface area contributed by atoms with Crippen molar-refractivity contribution >= 4 is 23.2 Å². The van der Waals surface area contributed by atoms with Crippen LogP contribution >= 0.6 is 7.26 Å². The topological polar surface area (TPSA) is 0 Å². The zero-order valence-electron chi connectivity index (χ0n) is 15.8.